The van der Waals surface area contributed by atoms with Crippen molar-refractivity contribution in [2.75, 3.05) is 0 Å². The maximum atomic E-state index is 11.6. The Morgan fingerprint density at radius 2 is 1.89 bits per heavy atom. The molecule has 4 atom stereocenters. The average Bonchev–Trinajstić information content (AvgIpc) is 2.48. The van der Waals surface area contributed by atoms with Crippen molar-refractivity contribution in [1.82, 2.24) is 0 Å². The average molecular weight is 397 g/mol. The molecule has 0 aromatic heterocycles. The van der Waals surface area contributed by atoms with Crippen LogP contribution in [-0.2, 0) is 14.0 Å². The summed E-state index contributed by atoms with van der Waals surface area (Å²) in [6.07, 6.45) is 9.59. The lowest BCUT2D eigenvalue weighted by atomic mass is 9.89. The largest absolute Gasteiger partial charge is 0.410 e. The van der Waals surface area contributed by atoms with Crippen molar-refractivity contribution in [3.05, 3.63) is 12.2 Å². The topological polar surface area (TPSA) is 35.5 Å². The normalized spacial score (nSPS) is 25.9. The molecule has 4 heteroatoms. The van der Waals surface area contributed by atoms with Crippen LogP contribution in [0.25, 0.3) is 0 Å². The first-order valence-electron chi connectivity index (χ1n) is 10.8. The summed E-state index contributed by atoms with van der Waals surface area (Å²) in [4.78, 5) is 11.6. The fourth-order valence-electron chi connectivity index (χ4n) is 3.27. The predicted octanol–water partition coefficient (Wildman–Crippen LogP) is 6.53. The van der Waals surface area contributed by atoms with Gasteiger partial charge in [-0.25, -0.2) is 0 Å². The number of Topliss-reactive ketones (excluding diaryl/α,β-unsaturated/α-hetero) is 1. The molecule has 1 fully saturated rings. The molecule has 0 aliphatic carbocycles. The SMILES string of the molecule is CC(=O)C[C@H]1O[C@H](C[C@H](/C=C/CC(C)C)O[Si](C)(C)C(C)(C)C)CC[C@@H]1C. The summed E-state index contributed by atoms with van der Waals surface area (Å²) in [5.74, 6) is 1.33. The van der Waals surface area contributed by atoms with E-state index in [-0.39, 0.29) is 29.1 Å². The van der Waals surface area contributed by atoms with Gasteiger partial charge in [0.05, 0.1) is 18.3 Å². The number of ether oxygens (including phenoxy) is 1. The molecule has 27 heavy (non-hydrogen) atoms. The van der Waals surface area contributed by atoms with Crippen LogP contribution < -0.4 is 0 Å². The summed E-state index contributed by atoms with van der Waals surface area (Å²) in [5, 5.41) is 0.191. The Bertz CT molecular complexity index is 490. The first-order chi connectivity index (χ1) is 12.3. The fourth-order valence-corrected chi connectivity index (χ4v) is 4.56. The number of carbonyl (C=O) groups is 1. The van der Waals surface area contributed by atoms with Gasteiger partial charge in [-0.1, -0.05) is 53.7 Å². The van der Waals surface area contributed by atoms with E-state index in [4.69, 9.17) is 9.16 Å². The zero-order chi connectivity index (χ0) is 20.8. The van der Waals surface area contributed by atoms with Crippen LogP contribution in [-0.4, -0.2) is 32.4 Å². The Kier molecular flexibility index (Phi) is 9.43. The van der Waals surface area contributed by atoms with Crippen LogP contribution in [0.15, 0.2) is 12.2 Å². The lowest BCUT2D eigenvalue weighted by Crippen LogP contribution is -2.45. The Morgan fingerprint density at radius 1 is 1.26 bits per heavy atom. The van der Waals surface area contributed by atoms with Gasteiger partial charge in [0, 0.05) is 12.8 Å². The van der Waals surface area contributed by atoms with Gasteiger partial charge in [0.15, 0.2) is 8.32 Å². The van der Waals surface area contributed by atoms with Crippen molar-refractivity contribution in [2.24, 2.45) is 11.8 Å². The quantitative estimate of drug-likeness (QED) is 0.328. The van der Waals surface area contributed by atoms with Gasteiger partial charge in [0.1, 0.15) is 5.78 Å². The Labute approximate surface area is 169 Å². The molecule has 1 saturated heterocycles. The van der Waals surface area contributed by atoms with Crippen LogP contribution >= 0.6 is 0 Å². The molecule has 0 aromatic rings. The van der Waals surface area contributed by atoms with Gasteiger partial charge in [0.2, 0.25) is 0 Å². The third-order valence-corrected chi connectivity index (χ3v) is 10.6. The van der Waals surface area contributed by atoms with Crippen LogP contribution in [0.1, 0.15) is 80.6 Å². The second-order valence-electron chi connectivity index (χ2n) is 10.5. The fraction of sp³-hybridized carbons (Fsp3) is 0.870. The second kappa shape index (κ2) is 10.4. The first-order valence-corrected chi connectivity index (χ1v) is 13.7. The third-order valence-electron chi connectivity index (χ3n) is 6.14. The highest BCUT2D eigenvalue weighted by molar-refractivity contribution is 6.74. The maximum absolute atomic E-state index is 11.6. The minimum atomic E-state index is -1.85. The van der Waals surface area contributed by atoms with E-state index in [0.29, 0.717) is 18.3 Å². The summed E-state index contributed by atoms with van der Waals surface area (Å²) >= 11 is 0. The summed E-state index contributed by atoms with van der Waals surface area (Å²) < 4.78 is 13.1. The van der Waals surface area contributed by atoms with E-state index in [1.54, 1.807) is 6.92 Å². The molecule has 1 aliphatic rings. The van der Waals surface area contributed by atoms with Crippen LogP contribution in [0.2, 0.25) is 18.1 Å². The van der Waals surface area contributed by atoms with E-state index in [9.17, 15) is 4.79 Å². The number of ketones is 1. The molecule has 1 heterocycles. The minimum absolute atomic E-state index is 0.0643. The van der Waals surface area contributed by atoms with Gasteiger partial charge in [-0.15, -0.1) is 0 Å². The molecule has 0 amide bonds. The standard InChI is InChI=1S/C23H44O3Si/c1-17(2)11-10-12-21(26-27(8,9)23(5,6)7)16-20-14-13-18(3)22(25-20)15-19(4)24/h10,12,17-18,20-22H,11,13-16H2,1-9H3/b12-10+/t18-,20-,21-,22+/m0/s1. The summed E-state index contributed by atoms with van der Waals surface area (Å²) in [7, 11) is -1.85. The van der Waals surface area contributed by atoms with E-state index in [1.165, 1.54) is 0 Å². The van der Waals surface area contributed by atoms with E-state index in [0.717, 1.165) is 25.7 Å². The maximum Gasteiger partial charge on any atom is 0.192 e. The summed E-state index contributed by atoms with van der Waals surface area (Å²) in [6, 6.07) is 0. The molecule has 0 unspecified atom stereocenters. The molecule has 0 bridgehead atoms. The summed E-state index contributed by atoms with van der Waals surface area (Å²) in [5.41, 5.74) is 0. The van der Waals surface area contributed by atoms with Crippen LogP contribution in [0.5, 0.6) is 0 Å². The van der Waals surface area contributed by atoms with Gasteiger partial charge in [-0.05, 0) is 56.2 Å². The van der Waals surface area contributed by atoms with Crippen molar-refractivity contribution in [1.29, 1.82) is 0 Å². The van der Waals surface area contributed by atoms with E-state index >= 15 is 0 Å². The lowest BCUT2D eigenvalue weighted by molar-refractivity contribution is -0.128. The van der Waals surface area contributed by atoms with Crippen LogP contribution in [0.4, 0.5) is 0 Å². The lowest BCUT2D eigenvalue weighted by Gasteiger charge is -2.41. The molecular weight excluding hydrogens is 352 g/mol. The molecule has 0 radical (unpaired) electrons. The van der Waals surface area contributed by atoms with Crippen molar-refractivity contribution in [3.63, 3.8) is 0 Å². The molecule has 1 rings (SSSR count). The number of hydrogen-bond acceptors (Lipinski definition) is 3. The van der Waals surface area contributed by atoms with E-state index in [2.05, 4.69) is 66.8 Å². The van der Waals surface area contributed by atoms with Crippen molar-refractivity contribution < 1.29 is 14.0 Å². The first kappa shape index (κ1) is 24.6. The molecule has 0 N–H and O–H groups in total. The van der Waals surface area contributed by atoms with Crippen LogP contribution in [0, 0.1) is 11.8 Å². The highest BCUT2D eigenvalue weighted by Crippen LogP contribution is 2.38. The molecule has 158 valence electrons. The zero-order valence-corrected chi connectivity index (χ0v) is 20.3. The van der Waals surface area contributed by atoms with E-state index in [1.807, 2.05) is 0 Å². The van der Waals surface area contributed by atoms with Gasteiger partial charge in [0.25, 0.3) is 0 Å². The number of carbonyl (C=O) groups excluding carboxylic acids is 1. The predicted molar refractivity (Wildman–Crippen MR) is 118 cm³/mol. The third kappa shape index (κ3) is 8.62. The molecule has 0 aromatic carbocycles. The molecule has 0 spiro atoms. The van der Waals surface area contributed by atoms with Crippen molar-refractivity contribution >= 4 is 14.1 Å². The smallest absolute Gasteiger partial charge is 0.192 e. The Hall–Kier alpha value is -0.453. The number of hydrogen-bond donors (Lipinski definition) is 0. The van der Waals surface area contributed by atoms with E-state index < -0.39 is 8.32 Å². The molecule has 1 aliphatic heterocycles. The van der Waals surface area contributed by atoms with Gasteiger partial charge < -0.3 is 9.16 Å². The Morgan fingerprint density at radius 3 is 2.41 bits per heavy atom. The minimum Gasteiger partial charge on any atom is -0.410 e. The molecule has 3 nitrogen and oxygen atoms in total. The number of allylic oxidation sites excluding steroid dienone is 1. The van der Waals surface area contributed by atoms with Crippen molar-refractivity contribution in [3.8, 4) is 0 Å². The highest BCUT2D eigenvalue weighted by atomic mass is 28.4. The van der Waals surface area contributed by atoms with Gasteiger partial charge in [-0.2, -0.15) is 0 Å². The molecule has 0 saturated carbocycles. The second-order valence-corrected chi connectivity index (χ2v) is 15.2. The zero-order valence-electron chi connectivity index (χ0n) is 19.3. The van der Waals surface area contributed by atoms with Gasteiger partial charge in [-0.3, -0.25) is 4.79 Å². The van der Waals surface area contributed by atoms with Gasteiger partial charge >= 0.3 is 0 Å². The molecular formula is C23H44O3Si. The number of rotatable bonds is 9. The highest BCUT2D eigenvalue weighted by Gasteiger charge is 2.39. The monoisotopic (exact) mass is 396 g/mol. The Balaban J connectivity index is 2.83. The van der Waals surface area contributed by atoms with Crippen molar-refractivity contribution in [2.45, 2.75) is 117 Å². The van der Waals surface area contributed by atoms with Crippen LogP contribution in [0.3, 0.4) is 0 Å². The summed E-state index contributed by atoms with van der Waals surface area (Å²) in [6.45, 7) is 19.9.